The predicted octanol–water partition coefficient (Wildman–Crippen LogP) is 0.176. The number of hydrogen-bond donors (Lipinski definition) is 2. The number of nitro groups is 1. The Morgan fingerprint density at radius 2 is 2.47 bits per heavy atom. The van der Waals surface area contributed by atoms with E-state index >= 15 is 0 Å². The van der Waals surface area contributed by atoms with Crippen LogP contribution in [0.4, 0.5) is 5.00 Å². The Kier molecular flexibility index (Phi) is 4.46. The normalized spacial score (nSPS) is 20.2. The predicted molar refractivity (Wildman–Crippen MR) is 72.1 cm³/mol. The number of carbonyl (C=O) groups excluding carboxylic acids is 1. The van der Waals surface area contributed by atoms with Gasteiger partial charge >= 0.3 is 5.00 Å². The first-order valence-corrected chi connectivity index (χ1v) is 6.83. The van der Waals surface area contributed by atoms with Crippen LogP contribution in [0.25, 0.3) is 0 Å². The number of carbonyl (C=O) groups is 1. The molecule has 1 aromatic rings. The highest BCUT2D eigenvalue weighted by Crippen LogP contribution is 2.25. The number of rotatable bonds is 4. The Morgan fingerprint density at radius 1 is 1.68 bits per heavy atom. The highest BCUT2D eigenvalue weighted by Gasteiger charge is 2.28. The number of piperazine rings is 1. The molecule has 0 aliphatic carbocycles. The molecule has 2 heterocycles. The molecule has 0 aromatic carbocycles. The third kappa shape index (κ3) is 3.28. The molecule has 1 fully saturated rings. The van der Waals surface area contributed by atoms with Gasteiger partial charge < -0.3 is 10.6 Å². The maximum atomic E-state index is 11.8. The van der Waals surface area contributed by atoms with Gasteiger partial charge in [0, 0.05) is 44.2 Å². The van der Waals surface area contributed by atoms with Crippen molar-refractivity contribution in [3.63, 3.8) is 0 Å². The second-order valence-corrected chi connectivity index (χ2v) is 5.45. The van der Waals surface area contributed by atoms with Gasteiger partial charge in [-0.25, -0.2) is 0 Å². The summed E-state index contributed by atoms with van der Waals surface area (Å²) in [5.74, 6) is -0.0294. The summed E-state index contributed by atoms with van der Waals surface area (Å²) in [5.41, 5.74) is 0. The van der Waals surface area contributed by atoms with Gasteiger partial charge in [0.05, 0.1) is 4.92 Å². The van der Waals surface area contributed by atoms with Crippen molar-refractivity contribution in [3.05, 3.63) is 27.1 Å². The largest absolute Gasteiger partial charge is 0.358 e. The molecule has 104 valence electrons. The summed E-state index contributed by atoms with van der Waals surface area (Å²) in [6, 6.07) is 3.04. The molecule has 0 saturated carbocycles. The zero-order valence-electron chi connectivity index (χ0n) is 10.6. The van der Waals surface area contributed by atoms with Crippen LogP contribution in [0.15, 0.2) is 12.1 Å². The molecule has 8 heteroatoms. The lowest BCUT2D eigenvalue weighted by Gasteiger charge is -2.34. The van der Waals surface area contributed by atoms with Crippen molar-refractivity contribution in [2.75, 3.05) is 26.7 Å². The van der Waals surface area contributed by atoms with Crippen LogP contribution in [0.1, 0.15) is 4.88 Å². The number of nitrogens with one attached hydrogen (secondary N) is 2. The van der Waals surface area contributed by atoms with Gasteiger partial charge in [-0.1, -0.05) is 11.3 Å². The van der Waals surface area contributed by atoms with Crippen LogP contribution >= 0.6 is 11.3 Å². The Labute approximate surface area is 114 Å². The lowest BCUT2D eigenvalue weighted by Crippen LogP contribution is -2.56. The van der Waals surface area contributed by atoms with Crippen LogP contribution in [-0.4, -0.2) is 48.5 Å². The second-order valence-electron chi connectivity index (χ2n) is 4.30. The summed E-state index contributed by atoms with van der Waals surface area (Å²) in [4.78, 5) is 25.0. The number of nitrogens with zero attached hydrogens (tertiary/aromatic N) is 2. The standard InChI is InChI=1S/C11H16N4O3S/c1-12-11(16)9-6-13-4-5-14(9)7-8-2-3-10(19-8)15(17)18/h2-3,9,13H,4-7H2,1H3,(H,12,16). The first kappa shape index (κ1) is 13.9. The Balaban J connectivity index is 2.06. The quantitative estimate of drug-likeness (QED) is 0.608. The van der Waals surface area contributed by atoms with E-state index in [1.165, 1.54) is 6.07 Å². The minimum Gasteiger partial charge on any atom is -0.358 e. The van der Waals surface area contributed by atoms with E-state index in [0.29, 0.717) is 13.1 Å². The minimum absolute atomic E-state index is 0.0294. The van der Waals surface area contributed by atoms with Gasteiger partial charge in [0.1, 0.15) is 6.04 Å². The highest BCUT2D eigenvalue weighted by molar-refractivity contribution is 7.15. The lowest BCUT2D eigenvalue weighted by molar-refractivity contribution is -0.380. The Morgan fingerprint density at radius 3 is 3.11 bits per heavy atom. The highest BCUT2D eigenvalue weighted by atomic mass is 32.1. The fraction of sp³-hybridized carbons (Fsp3) is 0.545. The molecule has 0 radical (unpaired) electrons. The summed E-state index contributed by atoms with van der Waals surface area (Å²) in [5, 5.41) is 16.6. The van der Waals surface area contributed by atoms with Crippen molar-refractivity contribution in [2.24, 2.45) is 0 Å². The smallest absolute Gasteiger partial charge is 0.324 e. The maximum Gasteiger partial charge on any atom is 0.324 e. The van der Waals surface area contributed by atoms with Crippen molar-refractivity contribution in [2.45, 2.75) is 12.6 Å². The molecule has 2 N–H and O–H groups in total. The van der Waals surface area contributed by atoms with Crippen LogP contribution in [0.3, 0.4) is 0 Å². The van der Waals surface area contributed by atoms with Crippen LogP contribution in [0, 0.1) is 10.1 Å². The number of amides is 1. The fourth-order valence-electron chi connectivity index (χ4n) is 2.11. The molecule has 1 amide bonds. The Hall–Kier alpha value is -1.51. The SMILES string of the molecule is CNC(=O)C1CNCCN1Cc1ccc([N+](=O)[O-])s1. The van der Waals surface area contributed by atoms with Gasteiger partial charge in [0.25, 0.3) is 0 Å². The van der Waals surface area contributed by atoms with Crippen LogP contribution in [0.2, 0.25) is 0 Å². The van der Waals surface area contributed by atoms with Gasteiger partial charge in [-0.15, -0.1) is 0 Å². The molecular formula is C11H16N4O3S. The van der Waals surface area contributed by atoms with Crippen molar-refractivity contribution in [1.82, 2.24) is 15.5 Å². The topological polar surface area (TPSA) is 87.5 Å². The zero-order chi connectivity index (χ0) is 13.8. The van der Waals surface area contributed by atoms with E-state index in [4.69, 9.17) is 0 Å². The first-order chi connectivity index (χ1) is 9.11. The molecule has 1 saturated heterocycles. The summed E-state index contributed by atoms with van der Waals surface area (Å²) in [7, 11) is 1.62. The molecule has 1 unspecified atom stereocenters. The average molecular weight is 284 g/mol. The summed E-state index contributed by atoms with van der Waals surface area (Å²) < 4.78 is 0. The van der Waals surface area contributed by atoms with Crippen LogP contribution in [-0.2, 0) is 11.3 Å². The van der Waals surface area contributed by atoms with Gasteiger partial charge in [-0.3, -0.25) is 19.8 Å². The van der Waals surface area contributed by atoms with E-state index in [1.54, 1.807) is 13.1 Å². The molecule has 1 aromatic heterocycles. The van der Waals surface area contributed by atoms with Gasteiger partial charge in [-0.2, -0.15) is 0 Å². The molecule has 1 aliphatic rings. The van der Waals surface area contributed by atoms with Gasteiger partial charge in [-0.05, 0) is 6.07 Å². The van der Waals surface area contributed by atoms with E-state index in [2.05, 4.69) is 10.6 Å². The Bertz CT molecular complexity index is 476. The monoisotopic (exact) mass is 284 g/mol. The molecule has 1 atom stereocenters. The maximum absolute atomic E-state index is 11.8. The molecule has 0 bridgehead atoms. The van der Waals surface area contributed by atoms with Gasteiger partial charge in [0.2, 0.25) is 5.91 Å². The molecule has 2 rings (SSSR count). The summed E-state index contributed by atoms with van der Waals surface area (Å²) >= 11 is 1.16. The number of hydrogen-bond acceptors (Lipinski definition) is 6. The first-order valence-electron chi connectivity index (χ1n) is 6.01. The molecule has 19 heavy (non-hydrogen) atoms. The minimum atomic E-state index is -0.387. The zero-order valence-corrected chi connectivity index (χ0v) is 11.4. The van der Waals surface area contributed by atoms with E-state index in [1.807, 2.05) is 4.90 Å². The van der Waals surface area contributed by atoms with Crippen molar-refractivity contribution >= 4 is 22.2 Å². The van der Waals surface area contributed by atoms with Crippen molar-refractivity contribution in [1.29, 1.82) is 0 Å². The fourth-order valence-corrected chi connectivity index (χ4v) is 2.96. The van der Waals surface area contributed by atoms with E-state index in [0.717, 1.165) is 29.3 Å². The van der Waals surface area contributed by atoms with Crippen LogP contribution in [0.5, 0.6) is 0 Å². The lowest BCUT2D eigenvalue weighted by atomic mass is 10.1. The van der Waals surface area contributed by atoms with E-state index in [-0.39, 0.29) is 21.9 Å². The van der Waals surface area contributed by atoms with Gasteiger partial charge in [0.15, 0.2) is 0 Å². The molecule has 1 aliphatic heterocycles. The molecule has 0 spiro atoms. The third-order valence-corrected chi connectivity index (χ3v) is 4.11. The summed E-state index contributed by atoms with van der Waals surface area (Å²) in [6.45, 7) is 2.75. The number of thiophene rings is 1. The van der Waals surface area contributed by atoms with Crippen LogP contribution < -0.4 is 10.6 Å². The number of likely N-dealkylation sites (N-methyl/N-ethyl adjacent to an activating group) is 1. The second kappa shape index (κ2) is 6.09. The van der Waals surface area contributed by atoms with E-state index in [9.17, 15) is 14.9 Å². The molecule has 7 nitrogen and oxygen atoms in total. The summed E-state index contributed by atoms with van der Waals surface area (Å²) in [6.07, 6.45) is 0. The van der Waals surface area contributed by atoms with Crippen molar-refractivity contribution < 1.29 is 9.72 Å². The van der Waals surface area contributed by atoms with E-state index < -0.39 is 0 Å². The van der Waals surface area contributed by atoms with Crippen molar-refractivity contribution in [3.8, 4) is 0 Å². The average Bonchev–Trinajstić information content (AvgIpc) is 2.87. The molecular weight excluding hydrogens is 268 g/mol. The third-order valence-electron chi connectivity index (χ3n) is 3.09.